The normalized spacial score (nSPS) is 12.0. The minimum absolute atomic E-state index is 0.759. The first-order chi connectivity index (χ1) is 16.1. The highest BCUT2D eigenvalue weighted by molar-refractivity contribution is 14.1. The number of alkyl halides is 1. The van der Waals surface area contributed by atoms with Crippen LogP contribution in [0.5, 0.6) is 0 Å². The van der Waals surface area contributed by atoms with Gasteiger partial charge in [-0.25, -0.2) is 0 Å². The zero-order valence-corrected chi connectivity index (χ0v) is 23.0. The lowest BCUT2D eigenvalue weighted by Gasteiger charge is -2.23. The van der Waals surface area contributed by atoms with Crippen molar-refractivity contribution in [3.63, 3.8) is 0 Å². The van der Waals surface area contributed by atoms with E-state index in [1.165, 1.54) is 14.7 Å². The molecule has 0 bridgehead atoms. The van der Waals surface area contributed by atoms with Gasteiger partial charge in [-0.2, -0.15) is 11.3 Å². The molecule has 0 spiro atoms. The molecule has 0 amide bonds. The largest absolute Gasteiger partial charge is 0.369 e. The summed E-state index contributed by atoms with van der Waals surface area (Å²) in [5.74, 6) is 6.59. The zero-order chi connectivity index (χ0) is 23.1. The summed E-state index contributed by atoms with van der Waals surface area (Å²) in [4.78, 5) is 0. The number of benzene rings is 3. The summed E-state index contributed by atoms with van der Waals surface area (Å²) in [5.41, 5.74) is 4.56. The van der Waals surface area contributed by atoms with E-state index in [1.54, 1.807) is 11.3 Å². The standard InChI is InChI=1S/C29H22I2OS/c30-19-16-27(31)28(23-17-20-33-21-23)26-14-8-7-9-22(26)15-18-29(32,24-10-3-1-4-11-24)25-12-5-2-6-13-25/h1-14,17,20-21,32H,16,19H2/b28-27+. The zero-order valence-electron chi connectivity index (χ0n) is 17.8. The quantitative estimate of drug-likeness (QED) is 0.125. The first-order valence-corrected chi connectivity index (χ1v) is 14.1. The molecule has 4 heteroatoms. The van der Waals surface area contributed by atoms with Crippen LogP contribution in [0.3, 0.4) is 0 Å². The monoisotopic (exact) mass is 672 g/mol. The van der Waals surface area contributed by atoms with Gasteiger partial charge in [0, 0.05) is 26.7 Å². The Kier molecular flexibility index (Phi) is 8.42. The molecule has 4 aromatic rings. The topological polar surface area (TPSA) is 20.2 Å². The third-order valence-electron chi connectivity index (χ3n) is 5.35. The molecule has 0 saturated heterocycles. The molecule has 4 rings (SSSR count). The fourth-order valence-corrected chi connectivity index (χ4v) is 6.80. The predicted octanol–water partition coefficient (Wildman–Crippen LogP) is 8.06. The first kappa shape index (κ1) is 24.2. The van der Waals surface area contributed by atoms with E-state index in [-0.39, 0.29) is 0 Å². The summed E-state index contributed by atoms with van der Waals surface area (Å²) in [7, 11) is 0. The van der Waals surface area contributed by atoms with Crippen LogP contribution in [-0.2, 0) is 5.60 Å². The van der Waals surface area contributed by atoms with Gasteiger partial charge < -0.3 is 5.11 Å². The molecule has 3 aromatic carbocycles. The van der Waals surface area contributed by atoms with Crippen LogP contribution in [0.15, 0.2) is 105 Å². The van der Waals surface area contributed by atoms with Gasteiger partial charge in [0.15, 0.2) is 5.60 Å². The van der Waals surface area contributed by atoms with Crippen molar-refractivity contribution in [2.24, 2.45) is 0 Å². The van der Waals surface area contributed by atoms with Gasteiger partial charge in [0.25, 0.3) is 0 Å². The molecule has 0 aliphatic heterocycles. The fraction of sp³-hybridized carbons (Fsp3) is 0.103. The smallest absolute Gasteiger partial charge is 0.177 e. The van der Waals surface area contributed by atoms with Crippen molar-refractivity contribution in [1.29, 1.82) is 0 Å². The Morgan fingerprint density at radius 2 is 1.45 bits per heavy atom. The van der Waals surface area contributed by atoms with E-state index in [2.05, 4.69) is 86.0 Å². The number of aliphatic hydroxyl groups is 1. The molecule has 164 valence electrons. The SMILES string of the molecule is OC(C#Cc1ccccc1/C(=C(/I)CCI)c1ccsc1)(c1ccccc1)c1ccccc1. The number of halogens is 2. The average Bonchev–Trinajstić information content (AvgIpc) is 3.39. The van der Waals surface area contributed by atoms with Crippen LogP contribution in [0.25, 0.3) is 5.57 Å². The Hall–Kier alpha value is -1.92. The Bertz CT molecular complexity index is 1240. The molecular weight excluding hydrogens is 650 g/mol. The average molecular weight is 672 g/mol. The minimum atomic E-state index is -1.41. The third kappa shape index (κ3) is 5.60. The number of allylic oxidation sites excluding steroid dienone is 1. The highest BCUT2D eigenvalue weighted by atomic mass is 127. The molecule has 1 nitrogen and oxygen atoms in total. The maximum atomic E-state index is 11.8. The van der Waals surface area contributed by atoms with Crippen molar-refractivity contribution >= 4 is 62.1 Å². The summed E-state index contributed by atoms with van der Waals surface area (Å²) in [5, 5.41) is 16.1. The first-order valence-electron chi connectivity index (χ1n) is 10.6. The number of thiophene rings is 1. The van der Waals surface area contributed by atoms with Crippen molar-refractivity contribution < 1.29 is 5.11 Å². The van der Waals surface area contributed by atoms with E-state index in [1.807, 2.05) is 72.8 Å². The lowest BCUT2D eigenvalue weighted by molar-refractivity contribution is 0.145. The molecule has 0 saturated carbocycles. The Morgan fingerprint density at radius 1 is 0.848 bits per heavy atom. The Morgan fingerprint density at radius 3 is 2.03 bits per heavy atom. The summed E-state index contributed by atoms with van der Waals surface area (Å²) in [6.45, 7) is 0. The number of rotatable bonds is 6. The van der Waals surface area contributed by atoms with E-state index in [9.17, 15) is 5.11 Å². The van der Waals surface area contributed by atoms with E-state index in [4.69, 9.17) is 0 Å². The molecule has 1 heterocycles. The number of hydrogen-bond acceptors (Lipinski definition) is 2. The molecule has 0 aliphatic carbocycles. The highest BCUT2D eigenvalue weighted by Crippen LogP contribution is 2.35. The van der Waals surface area contributed by atoms with Crippen molar-refractivity contribution in [3.8, 4) is 11.8 Å². The molecule has 0 fully saturated rings. The lowest BCUT2D eigenvalue weighted by atomic mass is 9.86. The van der Waals surface area contributed by atoms with E-state index in [0.29, 0.717) is 0 Å². The second kappa shape index (κ2) is 11.5. The van der Waals surface area contributed by atoms with Crippen LogP contribution in [-0.4, -0.2) is 9.53 Å². The molecule has 0 aliphatic rings. The Balaban J connectivity index is 1.88. The summed E-state index contributed by atoms with van der Waals surface area (Å²) < 4.78 is 2.37. The van der Waals surface area contributed by atoms with Crippen molar-refractivity contribution in [2.45, 2.75) is 12.0 Å². The predicted molar refractivity (Wildman–Crippen MR) is 157 cm³/mol. The molecule has 1 N–H and O–H groups in total. The summed E-state index contributed by atoms with van der Waals surface area (Å²) >= 11 is 6.60. The minimum Gasteiger partial charge on any atom is -0.369 e. The van der Waals surface area contributed by atoms with Crippen LogP contribution in [0.4, 0.5) is 0 Å². The summed E-state index contributed by atoms with van der Waals surface area (Å²) in [6, 6.07) is 29.7. The van der Waals surface area contributed by atoms with Gasteiger partial charge in [0.1, 0.15) is 0 Å². The third-order valence-corrected chi connectivity index (χ3v) is 7.65. The van der Waals surface area contributed by atoms with E-state index >= 15 is 0 Å². The van der Waals surface area contributed by atoms with Crippen molar-refractivity contribution in [1.82, 2.24) is 0 Å². The van der Waals surface area contributed by atoms with Gasteiger partial charge >= 0.3 is 0 Å². The van der Waals surface area contributed by atoms with Crippen LogP contribution in [0.2, 0.25) is 0 Å². The molecular formula is C29H22I2OS. The fourth-order valence-electron chi connectivity index (χ4n) is 3.71. The molecule has 0 radical (unpaired) electrons. The van der Waals surface area contributed by atoms with E-state index < -0.39 is 5.60 Å². The second-order valence-corrected chi connectivity index (χ2v) is 10.6. The van der Waals surface area contributed by atoms with Gasteiger partial charge in [-0.05, 0) is 66.6 Å². The van der Waals surface area contributed by atoms with Gasteiger partial charge in [0.05, 0.1) is 0 Å². The van der Waals surface area contributed by atoms with Gasteiger partial charge in [-0.3, -0.25) is 0 Å². The molecule has 1 aromatic heterocycles. The van der Waals surface area contributed by atoms with Gasteiger partial charge in [-0.15, -0.1) is 0 Å². The molecule has 33 heavy (non-hydrogen) atoms. The van der Waals surface area contributed by atoms with Crippen molar-refractivity contribution in [3.05, 3.63) is 133 Å². The second-order valence-electron chi connectivity index (χ2n) is 7.47. The maximum absolute atomic E-state index is 11.8. The lowest BCUT2D eigenvalue weighted by Crippen LogP contribution is -2.25. The van der Waals surface area contributed by atoms with Gasteiger partial charge in [-0.1, -0.05) is 113 Å². The number of hydrogen-bond donors (Lipinski definition) is 1. The summed E-state index contributed by atoms with van der Waals surface area (Å²) in [6.07, 6.45) is 1.01. The Labute approximate surface area is 226 Å². The maximum Gasteiger partial charge on any atom is 0.177 e. The van der Waals surface area contributed by atoms with Gasteiger partial charge in [0.2, 0.25) is 0 Å². The molecule has 0 unspecified atom stereocenters. The van der Waals surface area contributed by atoms with E-state index in [0.717, 1.165) is 33.1 Å². The van der Waals surface area contributed by atoms with Crippen LogP contribution in [0.1, 0.15) is 34.2 Å². The van der Waals surface area contributed by atoms with Crippen LogP contribution >= 0.6 is 56.5 Å². The highest BCUT2D eigenvalue weighted by Gasteiger charge is 2.29. The van der Waals surface area contributed by atoms with Crippen molar-refractivity contribution in [2.75, 3.05) is 4.43 Å². The molecule has 0 atom stereocenters. The van der Waals surface area contributed by atoms with Crippen LogP contribution in [0, 0.1) is 11.8 Å². The van der Waals surface area contributed by atoms with Crippen LogP contribution < -0.4 is 0 Å².